The molecule has 1 rings (SSSR count). The van der Waals surface area contributed by atoms with E-state index in [0.29, 0.717) is 5.92 Å². The number of hydrogen-bond acceptors (Lipinski definition) is 3. The lowest BCUT2D eigenvalue weighted by Crippen LogP contribution is -1.99. The number of thioether (sulfide) groups is 1. The minimum absolute atomic E-state index is 0.557. The zero-order valence-electron chi connectivity index (χ0n) is 10.5. The molecule has 0 saturated heterocycles. The van der Waals surface area contributed by atoms with Crippen LogP contribution < -0.4 is 9.47 Å². The second kappa shape index (κ2) is 7.72. The Bertz CT molecular complexity index is 344. The maximum Gasteiger partial charge on any atom is 0.161 e. The van der Waals surface area contributed by atoms with Crippen molar-refractivity contribution in [3.8, 4) is 11.5 Å². The largest absolute Gasteiger partial charge is 0.493 e. The smallest absolute Gasteiger partial charge is 0.161 e. The molecule has 0 heterocycles. The van der Waals surface area contributed by atoms with Gasteiger partial charge in [0.05, 0.1) is 14.2 Å². The molecule has 0 saturated carbocycles. The molecule has 0 bridgehead atoms. The maximum absolute atomic E-state index is 5.77. The van der Waals surface area contributed by atoms with E-state index < -0.39 is 0 Å². The summed E-state index contributed by atoms with van der Waals surface area (Å²) in [7, 11) is 3.30. The van der Waals surface area contributed by atoms with Gasteiger partial charge in [-0.1, -0.05) is 13.0 Å². The van der Waals surface area contributed by atoms with Gasteiger partial charge in [-0.3, -0.25) is 0 Å². The first kappa shape index (κ1) is 14.5. The van der Waals surface area contributed by atoms with Gasteiger partial charge in [0.15, 0.2) is 11.5 Å². The van der Waals surface area contributed by atoms with Crippen molar-refractivity contribution in [2.45, 2.75) is 12.7 Å². The summed E-state index contributed by atoms with van der Waals surface area (Å²) in [6.45, 7) is 2.16. The van der Waals surface area contributed by atoms with Crippen molar-refractivity contribution in [1.29, 1.82) is 0 Å². The van der Waals surface area contributed by atoms with E-state index in [1.54, 1.807) is 14.2 Å². The van der Waals surface area contributed by atoms with Crippen molar-refractivity contribution >= 4 is 23.4 Å². The summed E-state index contributed by atoms with van der Waals surface area (Å²) in [5.41, 5.74) is 1.24. The quantitative estimate of drug-likeness (QED) is 0.705. The van der Waals surface area contributed by atoms with Gasteiger partial charge in [0.25, 0.3) is 0 Å². The molecule has 0 aromatic heterocycles. The zero-order chi connectivity index (χ0) is 12.7. The topological polar surface area (TPSA) is 18.5 Å². The van der Waals surface area contributed by atoms with E-state index in [1.807, 2.05) is 23.9 Å². The van der Waals surface area contributed by atoms with Crippen LogP contribution in [0.3, 0.4) is 0 Å². The highest BCUT2D eigenvalue weighted by Gasteiger charge is 2.05. The average Bonchev–Trinajstić information content (AvgIpc) is 2.38. The highest BCUT2D eigenvalue weighted by Crippen LogP contribution is 2.29. The number of benzene rings is 1. The van der Waals surface area contributed by atoms with E-state index >= 15 is 0 Å². The van der Waals surface area contributed by atoms with Crippen LogP contribution in [0.1, 0.15) is 12.5 Å². The van der Waals surface area contributed by atoms with Crippen molar-refractivity contribution in [2.24, 2.45) is 5.92 Å². The average molecular weight is 275 g/mol. The Balaban J connectivity index is 2.54. The standard InChI is InChI=1S/C13H19ClO2S/c1-10(7-14)8-17-9-11-4-5-12(15-2)13(6-11)16-3/h4-6,10H,7-9H2,1-3H3. The first-order valence-electron chi connectivity index (χ1n) is 5.55. The van der Waals surface area contributed by atoms with Gasteiger partial charge in [0, 0.05) is 11.6 Å². The Labute approximate surface area is 113 Å². The van der Waals surface area contributed by atoms with Crippen LogP contribution in [-0.2, 0) is 5.75 Å². The van der Waals surface area contributed by atoms with Crippen LogP contribution >= 0.6 is 23.4 Å². The number of methoxy groups -OCH3 is 2. The molecule has 0 aliphatic heterocycles. The summed E-state index contributed by atoms with van der Waals surface area (Å²) < 4.78 is 10.5. The lowest BCUT2D eigenvalue weighted by atomic mass is 10.2. The summed E-state index contributed by atoms with van der Waals surface area (Å²) in [5.74, 6) is 4.89. The molecule has 1 aromatic carbocycles. The van der Waals surface area contributed by atoms with Crippen molar-refractivity contribution in [3.05, 3.63) is 23.8 Å². The molecule has 96 valence electrons. The molecule has 0 N–H and O–H groups in total. The Morgan fingerprint density at radius 1 is 1.24 bits per heavy atom. The number of halogens is 1. The second-order valence-corrected chi connectivity index (χ2v) is 5.30. The van der Waals surface area contributed by atoms with Gasteiger partial charge in [-0.2, -0.15) is 11.8 Å². The first-order valence-corrected chi connectivity index (χ1v) is 7.24. The normalized spacial score (nSPS) is 12.2. The van der Waals surface area contributed by atoms with Crippen LogP contribution in [-0.4, -0.2) is 25.9 Å². The number of hydrogen-bond donors (Lipinski definition) is 0. The fourth-order valence-corrected chi connectivity index (χ4v) is 2.68. The molecular formula is C13H19ClO2S. The molecule has 17 heavy (non-hydrogen) atoms. The molecule has 0 aliphatic carbocycles. The Morgan fingerprint density at radius 3 is 2.53 bits per heavy atom. The predicted molar refractivity (Wildman–Crippen MR) is 75.6 cm³/mol. The van der Waals surface area contributed by atoms with E-state index in [9.17, 15) is 0 Å². The van der Waals surface area contributed by atoms with Crippen LogP contribution in [0.25, 0.3) is 0 Å². The summed E-state index contributed by atoms with van der Waals surface area (Å²) in [6, 6.07) is 6.04. The second-order valence-electron chi connectivity index (χ2n) is 3.96. The number of ether oxygens (including phenoxy) is 2. The van der Waals surface area contributed by atoms with Gasteiger partial charge in [0.1, 0.15) is 0 Å². The molecule has 0 aliphatic rings. The zero-order valence-corrected chi connectivity index (χ0v) is 12.1. The minimum atomic E-state index is 0.557. The predicted octanol–water partition coefficient (Wildman–Crippen LogP) is 3.81. The highest BCUT2D eigenvalue weighted by molar-refractivity contribution is 7.98. The molecule has 1 aromatic rings. The first-order chi connectivity index (χ1) is 8.21. The molecule has 0 fully saturated rings. The van der Waals surface area contributed by atoms with Crippen LogP contribution in [0, 0.1) is 5.92 Å². The van der Waals surface area contributed by atoms with Gasteiger partial charge in [-0.25, -0.2) is 0 Å². The van der Waals surface area contributed by atoms with Crippen molar-refractivity contribution < 1.29 is 9.47 Å². The monoisotopic (exact) mass is 274 g/mol. The number of rotatable bonds is 7. The summed E-state index contributed by atoms with van der Waals surface area (Å²) in [6.07, 6.45) is 0. The van der Waals surface area contributed by atoms with Crippen molar-refractivity contribution in [1.82, 2.24) is 0 Å². The molecule has 4 heteroatoms. The summed E-state index contributed by atoms with van der Waals surface area (Å²) >= 11 is 7.66. The Hall–Kier alpha value is -0.540. The van der Waals surface area contributed by atoms with E-state index in [0.717, 1.165) is 28.9 Å². The fourth-order valence-electron chi connectivity index (χ4n) is 1.39. The maximum atomic E-state index is 5.77. The molecular weight excluding hydrogens is 256 g/mol. The molecule has 2 nitrogen and oxygen atoms in total. The molecule has 1 atom stereocenters. The van der Waals surface area contributed by atoms with Crippen LogP contribution in [0.2, 0.25) is 0 Å². The Morgan fingerprint density at radius 2 is 1.94 bits per heavy atom. The third-order valence-electron chi connectivity index (χ3n) is 2.38. The summed E-state index contributed by atoms with van der Waals surface area (Å²) in [4.78, 5) is 0. The van der Waals surface area contributed by atoms with Gasteiger partial charge < -0.3 is 9.47 Å². The molecule has 1 unspecified atom stereocenters. The number of alkyl halides is 1. The van der Waals surface area contributed by atoms with Crippen LogP contribution in [0.5, 0.6) is 11.5 Å². The van der Waals surface area contributed by atoms with E-state index in [-0.39, 0.29) is 0 Å². The molecule has 0 radical (unpaired) electrons. The molecule has 0 spiro atoms. The van der Waals surface area contributed by atoms with Gasteiger partial charge in [-0.15, -0.1) is 11.6 Å². The third-order valence-corrected chi connectivity index (χ3v) is 4.25. The van der Waals surface area contributed by atoms with Crippen LogP contribution in [0.15, 0.2) is 18.2 Å². The Kier molecular flexibility index (Phi) is 6.60. The van der Waals surface area contributed by atoms with E-state index in [4.69, 9.17) is 21.1 Å². The lowest BCUT2D eigenvalue weighted by molar-refractivity contribution is 0.354. The fraction of sp³-hybridized carbons (Fsp3) is 0.538. The van der Waals surface area contributed by atoms with Gasteiger partial charge in [0.2, 0.25) is 0 Å². The van der Waals surface area contributed by atoms with Gasteiger partial charge in [-0.05, 0) is 29.4 Å². The SMILES string of the molecule is COc1ccc(CSCC(C)CCl)cc1OC. The minimum Gasteiger partial charge on any atom is -0.493 e. The molecule has 0 amide bonds. The van der Waals surface area contributed by atoms with E-state index in [1.165, 1.54) is 5.56 Å². The third kappa shape index (κ3) is 4.68. The van der Waals surface area contributed by atoms with Crippen LogP contribution in [0.4, 0.5) is 0 Å². The van der Waals surface area contributed by atoms with Crippen molar-refractivity contribution in [2.75, 3.05) is 25.9 Å². The van der Waals surface area contributed by atoms with Crippen molar-refractivity contribution in [3.63, 3.8) is 0 Å². The van der Waals surface area contributed by atoms with Gasteiger partial charge >= 0.3 is 0 Å². The lowest BCUT2D eigenvalue weighted by Gasteiger charge is -2.10. The van der Waals surface area contributed by atoms with E-state index in [2.05, 4.69) is 13.0 Å². The highest BCUT2D eigenvalue weighted by atomic mass is 35.5. The summed E-state index contributed by atoms with van der Waals surface area (Å²) in [5, 5.41) is 0.